The maximum atomic E-state index is 12.7. The normalized spacial score (nSPS) is 11.8. The van der Waals surface area contributed by atoms with Crippen LogP contribution in [0.1, 0.15) is 11.3 Å². The van der Waals surface area contributed by atoms with E-state index in [1.807, 2.05) is 0 Å². The quantitative estimate of drug-likeness (QED) is 0.891. The second-order valence-electron chi connectivity index (χ2n) is 3.61. The van der Waals surface area contributed by atoms with Crippen LogP contribution in [0.25, 0.3) is 11.4 Å². The van der Waals surface area contributed by atoms with Crippen LogP contribution in [-0.4, -0.2) is 15.1 Å². The Hall–Kier alpha value is -1.34. The summed E-state index contributed by atoms with van der Waals surface area (Å²) in [6.07, 6.45) is -3.05. The van der Waals surface area contributed by atoms with Crippen molar-refractivity contribution in [2.45, 2.75) is 12.8 Å². The number of benzene rings is 1. The Kier molecular flexibility index (Phi) is 3.45. The van der Waals surface area contributed by atoms with Gasteiger partial charge in [0.25, 0.3) is 0 Å². The van der Waals surface area contributed by atoms with Crippen LogP contribution in [0.4, 0.5) is 13.2 Å². The molecular weight excluding hydrogens is 313 g/mol. The van der Waals surface area contributed by atoms with Gasteiger partial charge in [0.05, 0.1) is 24.1 Å². The van der Waals surface area contributed by atoms with Crippen molar-refractivity contribution in [2.75, 3.05) is 0 Å². The molecule has 0 radical (unpaired) electrons. The van der Waals surface area contributed by atoms with Crippen LogP contribution in [0.15, 0.2) is 28.9 Å². The van der Waals surface area contributed by atoms with E-state index in [0.717, 1.165) is 6.07 Å². The van der Waals surface area contributed by atoms with Crippen LogP contribution >= 0.6 is 15.9 Å². The molecule has 1 heterocycles. The zero-order valence-corrected chi connectivity index (χ0v) is 10.5. The second kappa shape index (κ2) is 4.74. The molecule has 0 fully saturated rings. The van der Waals surface area contributed by atoms with Crippen LogP contribution in [-0.2, 0) is 12.8 Å². The van der Waals surface area contributed by atoms with Crippen LogP contribution in [0.2, 0.25) is 0 Å². The molecule has 2 N–H and O–H groups in total. The monoisotopic (exact) mass is 320 g/mol. The molecule has 96 valence electrons. The summed E-state index contributed by atoms with van der Waals surface area (Å²) in [5, 5.41) is 8.87. The lowest BCUT2D eigenvalue weighted by atomic mass is 10.1. The van der Waals surface area contributed by atoms with Crippen LogP contribution < -0.4 is 0 Å². The molecule has 0 aliphatic rings. The van der Waals surface area contributed by atoms with Crippen LogP contribution in [0, 0.1) is 0 Å². The number of H-pyrrole nitrogens is 1. The number of aromatic nitrogens is 2. The standard InChI is InChI=1S/C11H8BrF3N2O/c12-9-2-1-6(3-8(9)11(13,14)15)10-16-4-7(5-18)17-10/h1-4,18H,5H2,(H,16,17). The summed E-state index contributed by atoms with van der Waals surface area (Å²) in [5.74, 6) is 0.289. The van der Waals surface area contributed by atoms with E-state index in [9.17, 15) is 13.2 Å². The Bertz CT molecular complexity index is 566. The van der Waals surface area contributed by atoms with E-state index in [4.69, 9.17) is 5.11 Å². The molecule has 1 aromatic heterocycles. The molecule has 0 aliphatic heterocycles. The highest BCUT2D eigenvalue weighted by molar-refractivity contribution is 9.10. The van der Waals surface area contributed by atoms with Crippen molar-refractivity contribution in [3.63, 3.8) is 0 Å². The van der Waals surface area contributed by atoms with E-state index in [-0.39, 0.29) is 16.9 Å². The molecule has 0 amide bonds. The molecule has 0 saturated heterocycles. The lowest BCUT2D eigenvalue weighted by molar-refractivity contribution is -0.138. The summed E-state index contributed by atoms with van der Waals surface area (Å²) < 4.78 is 38.1. The fraction of sp³-hybridized carbons (Fsp3) is 0.182. The number of rotatable bonds is 2. The fourth-order valence-electron chi connectivity index (χ4n) is 1.48. The number of hydrogen-bond acceptors (Lipinski definition) is 2. The molecule has 0 saturated carbocycles. The van der Waals surface area contributed by atoms with Crippen molar-refractivity contribution in [2.24, 2.45) is 0 Å². The average molecular weight is 321 g/mol. The van der Waals surface area contributed by atoms with Gasteiger partial charge < -0.3 is 10.1 Å². The molecule has 0 unspecified atom stereocenters. The summed E-state index contributed by atoms with van der Waals surface area (Å²) in [6, 6.07) is 3.84. The first-order valence-electron chi connectivity index (χ1n) is 4.93. The molecule has 3 nitrogen and oxygen atoms in total. The van der Waals surface area contributed by atoms with E-state index in [1.54, 1.807) is 0 Å². The highest BCUT2D eigenvalue weighted by atomic mass is 79.9. The van der Waals surface area contributed by atoms with Crippen molar-refractivity contribution in [1.82, 2.24) is 9.97 Å². The van der Waals surface area contributed by atoms with E-state index < -0.39 is 11.7 Å². The molecular formula is C11H8BrF3N2O. The molecule has 0 atom stereocenters. The number of aliphatic hydroxyl groups is 1. The number of hydrogen-bond donors (Lipinski definition) is 2. The first-order chi connectivity index (χ1) is 8.41. The van der Waals surface area contributed by atoms with Crippen LogP contribution in [0.3, 0.4) is 0 Å². The Morgan fingerprint density at radius 2 is 2.06 bits per heavy atom. The summed E-state index contributed by atoms with van der Waals surface area (Å²) in [4.78, 5) is 6.65. The minimum absolute atomic E-state index is 0.0207. The third-order valence-electron chi connectivity index (χ3n) is 2.34. The molecule has 2 aromatic rings. The first-order valence-corrected chi connectivity index (χ1v) is 5.73. The zero-order chi connectivity index (χ0) is 13.3. The van der Waals surface area contributed by atoms with Crippen molar-refractivity contribution in [3.8, 4) is 11.4 Å². The lowest BCUT2D eigenvalue weighted by Crippen LogP contribution is -2.06. The van der Waals surface area contributed by atoms with Gasteiger partial charge in [-0.15, -0.1) is 0 Å². The van der Waals surface area contributed by atoms with Gasteiger partial charge >= 0.3 is 6.18 Å². The SMILES string of the molecule is OCc1cnc(-c2ccc(Br)c(C(F)(F)F)c2)[nH]1. The maximum Gasteiger partial charge on any atom is 0.417 e. The van der Waals surface area contributed by atoms with Gasteiger partial charge in [-0.25, -0.2) is 4.98 Å². The Labute approximate surface area is 109 Å². The van der Waals surface area contributed by atoms with Gasteiger partial charge in [-0.2, -0.15) is 13.2 Å². The Morgan fingerprint density at radius 3 is 2.61 bits per heavy atom. The average Bonchev–Trinajstić information content (AvgIpc) is 2.76. The van der Waals surface area contributed by atoms with Crippen LogP contribution in [0.5, 0.6) is 0 Å². The zero-order valence-electron chi connectivity index (χ0n) is 8.92. The largest absolute Gasteiger partial charge is 0.417 e. The van der Waals surface area contributed by atoms with Crippen molar-refractivity contribution >= 4 is 15.9 Å². The highest BCUT2D eigenvalue weighted by Gasteiger charge is 2.33. The molecule has 0 spiro atoms. The van der Waals surface area contributed by atoms with Crippen molar-refractivity contribution in [1.29, 1.82) is 0 Å². The van der Waals surface area contributed by atoms with Crippen molar-refractivity contribution < 1.29 is 18.3 Å². The number of halogens is 4. The fourth-order valence-corrected chi connectivity index (χ4v) is 1.95. The van der Waals surface area contributed by atoms with Gasteiger partial charge in [0, 0.05) is 10.0 Å². The van der Waals surface area contributed by atoms with Gasteiger partial charge in [-0.3, -0.25) is 0 Å². The summed E-state index contributed by atoms with van der Waals surface area (Å²) in [5.41, 5.74) is -0.00588. The predicted molar refractivity (Wildman–Crippen MR) is 62.6 cm³/mol. The molecule has 7 heteroatoms. The molecule has 2 rings (SSSR count). The maximum absolute atomic E-state index is 12.7. The number of alkyl halides is 3. The van der Waals surface area contributed by atoms with E-state index in [1.165, 1.54) is 18.3 Å². The number of aromatic amines is 1. The highest BCUT2D eigenvalue weighted by Crippen LogP contribution is 2.36. The minimum Gasteiger partial charge on any atom is -0.390 e. The molecule has 1 aromatic carbocycles. The first kappa shape index (κ1) is 13.1. The molecule has 0 bridgehead atoms. The summed E-state index contributed by atoms with van der Waals surface area (Å²) in [7, 11) is 0. The lowest BCUT2D eigenvalue weighted by Gasteiger charge is -2.10. The Balaban J connectivity index is 2.47. The van der Waals surface area contributed by atoms with Gasteiger partial charge in [0.2, 0.25) is 0 Å². The third kappa shape index (κ3) is 2.56. The smallest absolute Gasteiger partial charge is 0.390 e. The summed E-state index contributed by atoms with van der Waals surface area (Å²) in [6.45, 7) is -0.240. The van der Waals surface area contributed by atoms with E-state index in [2.05, 4.69) is 25.9 Å². The number of nitrogens with zero attached hydrogens (tertiary/aromatic N) is 1. The van der Waals surface area contributed by atoms with Gasteiger partial charge in [0.15, 0.2) is 0 Å². The molecule has 18 heavy (non-hydrogen) atoms. The minimum atomic E-state index is -4.43. The van der Waals surface area contributed by atoms with Gasteiger partial charge in [0.1, 0.15) is 5.82 Å². The van der Waals surface area contributed by atoms with Crippen molar-refractivity contribution in [3.05, 3.63) is 40.1 Å². The predicted octanol–water partition coefficient (Wildman–Crippen LogP) is 3.35. The Morgan fingerprint density at radius 1 is 1.33 bits per heavy atom. The second-order valence-corrected chi connectivity index (χ2v) is 4.46. The number of aliphatic hydroxyl groups excluding tert-OH is 1. The van der Waals surface area contributed by atoms with Gasteiger partial charge in [-0.05, 0) is 12.1 Å². The number of nitrogens with one attached hydrogen (secondary N) is 1. The molecule has 0 aliphatic carbocycles. The number of imidazole rings is 1. The summed E-state index contributed by atoms with van der Waals surface area (Å²) >= 11 is 2.87. The van der Waals surface area contributed by atoms with E-state index in [0.29, 0.717) is 11.3 Å². The van der Waals surface area contributed by atoms with Gasteiger partial charge in [-0.1, -0.05) is 22.0 Å². The topological polar surface area (TPSA) is 48.9 Å². The van der Waals surface area contributed by atoms with E-state index >= 15 is 0 Å². The third-order valence-corrected chi connectivity index (χ3v) is 3.04.